The van der Waals surface area contributed by atoms with Crippen LogP contribution in [0.4, 0.5) is 11.4 Å². The molecule has 6 nitrogen and oxygen atoms in total. The van der Waals surface area contributed by atoms with E-state index in [0.717, 1.165) is 25.9 Å². The van der Waals surface area contributed by atoms with Crippen molar-refractivity contribution in [3.05, 3.63) is 20.4 Å². The van der Waals surface area contributed by atoms with E-state index in [-0.39, 0.29) is 22.7 Å². The van der Waals surface area contributed by atoms with E-state index in [9.17, 15) is 14.4 Å². The highest BCUT2D eigenvalue weighted by molar-refractivity contribution is 5.77. The molecule has 132 valence electrons. The smallest absolute Gasteiger partial charge is 0.309 e. The Kier molecular flexibility index (Phi) is 4.92. The van der Waals surface area contributed by atoms with Gasteiger partial charge in [0.15, 0.2) is 0 Å². The molecule has 2 aliphatic rings. The number of carbonyl (C=O) groups excluding carboxylic acids is 1. The van der Waals surface area contributed by atoms with Crippen LogP contribution in [-0.4, -0.2) is 38.8 Å². The maximum absolute atomic E-state index is 12.1. The fourth-order valence-electron chi connectivity index (χ4n) is 3.79. The summed E-state index contributed by atoms with van der Waals surface area (Å²) in [6.07, 6.45) is 3.47. The lowest BCUT2D eigenvalue weighted by Crippen LogP contribution is -2.50. The van der Waals surface area contributed by atoms with Crippen molar-refractivity contribution in [2.24, 2.45) is 11.8 Å². The topological polar surface area (TPSA) is 66.9 Å². The third kappa shape index (κ3) is 3.06. The van der Waals surface area contributed by atoms with Crippen molar-refractivity contribution in [1.29, 1.82) is 0 Å². The van der Waals surface area contributed by atoms with E-state index >= 15 is 0 Å². The van der Waals surface area contributed by atoms with Crippen molar-refractivity contribution in [2.45, 2.75) is 39.5 Å². The van der Waals surface area contributed by atoms with Crippen LogP contribution >= 0.6 is 0 Å². The van der Waals surface area contributed by atoms with Crippen LogP contribution in [0, 0.1) is 11.8 Å². The molecule has 0 aliphatic carbocycles. The SMILES string of the molecule is CCOC(=O)C1CCN(c2c(N3CCC(C)CC3)c(=O)c2=O)CC1. The molecule has 2 heterocycles. The quantitative estimate of drug-likeness (QED) is 0.611. The molecule has 0 aromatic heterocycles. The van der Waals surface area contributed by atoms with Crippen molar-refractivity contribution in [2.75, 3.05) is 42.6 Å². The minimum atomic E-state index is -0.363. The van der Waals surface area contributed by atoms with E-state index in [2.05, 4.69) is 11.8 Å². The van der Waals surface area contributed by atoms with Crippen LogP contribution < -0.4 is 20.7 Å². The molecule has 0 bridgehead atoms. The summed E-state index contributed by atoms with van der Waals surface area (Å²) in [5.74, 6) is 0.441. The maximum Gasteiger partial charge on any atom is 0.309 e. The van der Waals surface area contributed by atoms with Gasteiger partial charge in [0.1, 0.15) is 11.4 Å². The van der Waals surface area contributed by atoms with E-state index in [1.807, 2.05) is 11.8 Å². The third-order valence-corrected chi connectivity index (χ3v) is 5.39. The Balaban J connectivity index is 1.68. The standard InChI is InChI=1S/C18H26N2O4/c1-3-24-18(23)13-6-10-20(11-7-13)15-14(16(21)17(15)22)19-8-4-12(2)5-9-19/h12-13H,3-11H2,1-2H3. The number of carbonyl (C=O) groups is 1. The molecule has 0 N–H and O–H groups in total. The first kappa shape index (κ1) is 17.0. The van der Waals surface area contributed by atoms with Crippen LogP contribution in [0.2, 0.25) is 0 Å². The molecular formula is C18H26N2O4. The summed E-state index contributed by atoms with van der Waals surface area (Å²) in [6, 6.07) is 0. The first-order valence-electron chi connectivity index (χ1n) is 9.02. The molecule has 0 amide bonds. The number of nitrogens with zero attached hydrogens (tertiary/aromatic N) is 2. The Morgan fingerprint density at radius 1 is 0.958 bits per heavy atom. The maximum atomic E-state index is 12.1. The summed E-state index contributed by atoms with van der Waals surface area (Å²) >= 11 is 0. The number of esters is 1. The Morgan fingerprint density at radius 3 is 1.88 bits per heavy atom. The van der Waals surface area contributed by atoms with Crippen LogP contribution in [0.25, 0.3) is 0 Å². The van der Waals surface area contributed by atoms with Crippen molar-refractivity contribution in [3.8, 4) is 0 Å². The first-order chi connectivity index (χ1) is 11.5. The Labute approximate surface area is 142 Å². The van der Waals surface area contributed by atoms with E-state index in [1.54, 1.807) is 0 Å². The lowest BCUT2D eigenvalue weighted by molar-refractivity contribution is -0.148. The molecule has 2 saturated heterocycles. The fourth-order valence-corrected chi connectivity index (χ4v) is 3.79. The molecule has 0 atom stereocenters. The van der Waals surface area contributed by atoms with Gasteiger partial charge in [0.25, 0.3) is 10.9 Å². The zero-order valence-electron chi connectivity index (χ0n) is 14.5. The minimum absolute atomic E-state index is 0.0908. The third-order valence-electron chi connectivity index (χ3n) is 5.39. The summed E-state index contributed by atoms with van der Waals surface area (Å²) in [5, 5.41) is 0. The molecule has 0 radical (unpaired) electrons. The molecule has 0 unspecified atom stereocenters. The van der Waals surface area contributed by atoms with Crippen LogP contribution in [0.1, 0.15) is 39.5 Å². The van der Waals surface area contributed by atoms with Crippen molar-refractivity contribution in [1.82, 2.24) is 0 Å². The predicted octanol–water partition coefficient (Wildman–Crippen LogP) is 1.30. The van der Waals surface area contributed by atoms with Crippen molar-refractivity contribution >= 4 is 17.3 Å². The van der Waals surface area contributed by atoms with Crippen molar-refractivity contribution in [3.63, 3.8) is 0 Å². The molecule has 1 aromatic carbocycles. The molecular weight excluding hydrogens is 308 g/mol. The second-order valence-corrected chi connectivity index (χ2v) is 7.04. The van der Waals surface area contributed by atoms with E-state index in [0.29, 0.717) is 49.8 Å². The molecule has 3 rings (SSSR count). The first-order valence-corrected chi connectivity index (χ1v) is 9.02. The Bertz CT molecular complexity index is 661. The summed E-state index contributed by atoms with van der Waals surface area (Å²) in [4.78, 5) is 40.1. The lowest BCUT2D eigenvalue weighted by atomic mass is 9.94. The average molecular weight is 334 g/mol. The van der Waals surface area contributed by atoms with Gasteiger partial charge in [-0.25, -0.2) is 0 Å². The summed E-state index contributed by atoms with van der Waals surface area (Å²) < 4.78 is 5.08. The number of rotatable bonds is 4. The molecule has 6 heteroatoms. The van der Waals surface area contributed by atoms with Gasteiger partial charge < -0.3 is 14.5 Å². The average Bonchev–Trinajstić information content (AvgIpc) is 2.60. The van der Waals surface area contributed by atoms with Gasteiger partial charge in [-0.3, -0.25) is 14.4 Å². The Hall–Kier alpha value is -1.85. The molecule has 2 aliphatic heterocycles. The van der Waals surface area contributed by atoms with Crippen molar-refractivity contribution < 1.29 is 9.53 Å². The normalized spacial score (nSPS) is 20.6. The molecule has 1 aromatic rings. The highest BCUT2D eigenvalue weighted by Gasteiger charge is 2.34. The van der Waals surface area contributed by atoms with Crippen LogP contribution in [0.3, 0.4) is 0 Å². The molecule has 0 spiro atoms. The summed E-state index contributed by atoms with van der Waals surface area (Å²) in [5.41, 5.74) is 0.489. The largest absolute Gasteiger partial charge is 0.466 e. The number of piperidine rings is 2. The number of ether oxygens (including phenoxy) is 1. The highest BCUT2D eigenvalue weighted by Crippen LogP contribution is 2.31. The van der Waals surface area contributed by atoms with Gasteiger partial charge in [-0.15, -0.1) is 0 Å². The van der Waals surface area contributed by atoms with Gasteiger partial charge in [0.05, 0.1) is 12.5 Å². The summed E-state index contributed by atoms with van der Waals surface area (Å²) in [7, 11) is 0. The summed E-state index contributed by atoms with van der Waals surface area (Å²) in [6.45, 7) is 7.38. The molecule has 2 fully saturated rings. The second kappa shape index (κ2) is 6.95. The van der Waals surface area contributed by atoms with E-state index in [1.165, 1.54) is 0 Å². The monoisotopic (exact) mass is 334 g/mol. The molecule has 0 saturated carbocycles. The Morgan fingerprint density at radius 2 is 1.42 bits per heavy atom. The molecule has 24 heavy (non-hydrogen) atoms. The van der Waals surface area contributed by atoms with Gasteiger partial charge in [-0.2, -0.15) is 0 Å². The van der Waals surface area contributed by atoms with E-state index in [4.69, 9.17) is 4.74 Å². The van der Waals surface area contributed by atoms with Crippen LogP contribution in [0.15, 0.2) is 9.59 Å². The zero-order chi connectivity index (χ0) is 17.3. The van der Waals surface area contributed by atoms with Gasteiger partial charge in [0.2, 0.25) is 0 Å². The van der Waals surface area contributed by atoms with Gasteiger partial charge >= 0.3 is 5.97 Å². The van der Waals surface area contributed by atoms with Gasteiger partial charge in [0, 0.05) is 26.2 Å². The lowest BCUT2D eigenvalue weighted by Gasteiger charge is -2.38. The van der Waals surface area contributed by atoms with Gasteiger partial charge in [-0.05, 0) is 38.5 Å². The minimum Gasteiger partial charge on any atom is -0.466 e. The highest BCUT2D eigenvalue weighted by atomic mass is 16.5. The van der Waals surface area contributed by atoms with E-state index < -0.39 is 0 Å². The zero-order valence-corrected chi connectivity index (χ0v) is 14.5. The van der Waals surface area contributed by atoms with Gasteiger partial charge in [-0.1, -0.05) is 6.92 Å². The number of anilines is 2. The predicted molar refractivity (Wildman–Crippen MR) is 93.5 cm³/mol. The van der Waals surface area contributed by atoms with Crippen LogP contribution in [0.5, 0.6) is 0 Å². The van der Waals surface area contributed by atoms with Crippen LogP contribution in [-0.2, 0) is 9.53 Å². The number of hydrogen-bond donors (Lipinski definition) is 0. The second-order valence-electron chi connectivity index (χ2n) is 7.04. The fraction of sp³-hybridized carbons (Fsp3) is 0.722. The number of hydrogen-bond acceptors (Lipinski definition) is 6.